The van der Waals surface area contributed by atoms with Crippen LogP contribution < -0.4 is 28.5 Å². The number of hydrogen-bond acceptors (Lipinski definition) is 0. The van der Waals surface area contributed by atoms with Crippen LogP contribution in [-0.4, -0.2) is 6.54 Å². The zero-order valence-electron chi connectivity index (χ0n) is 14.1. The number of para-hydroxylation sites is 3. The molecule has 0 radical (unpaired) electrons. The fourth-order valence-electron chi connectivity index (χ4n) is 3.28. The summed E-state index contributed by atoms with van der Waals surface area (Å²) in [4.78, 5) is 0. The molecule has 0 atom stereocenters. The minimum Gasteiger partial charge on any atom is -1.00 e. The summed E-state index contributed by atoms with van der Waals surface area (Å²) in [6.07, 6.45) is 2.37. The summed E-state index contributed by atoms with van der Waals surface area (Å²) in [6, 6.07) is 32.6. The van der Waals surface area contributed by atoms with Gasteiger partial charge in [0.1, 0.15) is 17.1 Å². The Bertz CT molecular complexity index is 614. The molecule has 124 valence electrons. The average molecular weight is 429 g/mol. The van der Waals surface area contributed by atoms with Crippen molar-refractivity contribution in [2.75, 3.05) is 6.54 Å². The molecule has 0 amide bonds. The maximum atomic E-state index is 2.26. The van der Waals surface area contributed by atoms with E-state index in [0.29, 0.717) is 0 Å². The summed E-state index contributed by atoms with van der Waals surface area (Å²) in [5.41, 5.74) is 3.95. The van der Waals surface area contributed by atoms with Crippen molar-refractivity contribution in [2.45, 2.75) is 19.8 Å². The summed E-state index contributed by atoms with van der Waals surface area (Å²) < 4.78 is 0.774. The van der Waals surface area contributed by atoms with Gasteiger partial charge in [0.15, 0.2) is 0 Å². The van der Waals surface area contributed by atoms with Crippen LogP contribution in [0.5, 0.6) is 0 Å². The average Bonchev–Trinajstić information content (AvgIpc) is 2.65. The highest BCUT2D eigenvalue weighted by molar-refractivity contribution is 5.70. The third-order valence-electron chi connectivity index (χ3n) is 4.44. The van der Waals surface area contributed by atoms with Crippen molar-refractivity contribution in [1.29, 1.82) is 0 Å². The number of halogens is 1. The highest BCUT2D eigenvalue weighted by Crippen LogP contribution is 2.43. The number of hydrogen-bond donors (Lipinski definition) is 0. The van der Waals surface area contributed by atoms with Crippen LogP contribution >= 0.6 is 0 Å². The molecule has 3 aromatic carbocycles. The molecule has 0 unspecified atom stereocenters. The minimum absolute atomic E-state index is 0. The molecule has 0 saturated heterocycles. The molecule has 0 spiro atoms. The Morgan fingerprint density at radius 2 is 0.917 bits per heavy atom. The van der Waals surface area contributed by atoms with Crippen LogP contribution in [0, 0.1) is 0 Å². The van der Waals surface area contributed by atoms with Crippen molar-refractivity contribution in [3.63, 3.8) is 0 Å². The molecule has 0 bridgehead atoms. The lowest BCUT2D eigenvalue weighted by molar-refractivity contribution is -0.00000459. The molecule has 0 fully saturated rings. The van der Waals surface area contributed by atoms with Gasteiger partial charge in [0, 0.05) is 0 Å². The second-order valence-electron chi connectivity index (χ2n) is 5.89. The van der Waals surface area contributed by atoms with Crippen LogP contribution in [-0.2, 0) is 0 Å². The number of rotatable bonds is 6. The van der Waals surface area contributed by atoms with Gasteiger partial charge < -0.3 is 24.0 Å². The Labute approximate surface area is 162 Å². The first-order valence-corrected chi connectivity index (χ1v) is 8.43. The van der Waals surface area contributed by atoms with Crippen molar-refractivity contribution in [3.8, 4) is 0 Å². The lowest BCUT2D eigenvalue weighted by Gasteiger charge is -2.37. The molecule has 3 aromatic rings. The Morgan fingerprint density at radius 3 is 1.21 bits per heavy atom. The van der Waals surface area contributed by atoms with Crippen molar-refractivity contribution >= 4 is 17.1 Å². The summed E-state index contributed by atoms with van der Waals surface area (Å²) in [5.74, 6) is 0. The first-order valence-electron chi connectivity index (χ1n) is 8.43. The second-order valence-corrected chi connectivity index (χ2v) is 5.89. The summed E-state index contributed by atoms with van der Waals surface area (Å²) in [7, 11) is 0. The van der Waals surface area contributed by atoms with Gasteiger partial charge in [-0.25, -0.2) is 4.48 Å². The largest absolute Gasteiger partial charge is 1.00 e. The molecule has 24 heavy (non-hydrogen) atoms. The fourth-order valence-corrected chi connectivity index (χ4v) is 3.28. The monoisotopic (exact) mass is 429 g/mol. The maximum Gasteiger partial charge on any atom is 0.143 e. The predicted molar refractivity (Wildman–Crippen MR) is 100 cm³/mol. The van der Waals surface area contributed by atoms with E-state index >= 15 is 0 Å². The van der Waals surface area contributed by atoms with E-state index in [0.717, 1.165) is 11.0 Å². The van der Waals surface area contributed by atoms with Crippen molar-refractivity contribution in [3.05, 3.63) is 91.0 Å². The first-order chi connectivity index (χ1) is 11.4. The van der Waals surface area contributed by atoms with Gasteiger partial charge in [0.25, 0.3) is 0 Å². The molecular formula is C22H24IN. The van der Waals surface area contributed by atoms with Gasteiger partial charge in [0.05, 0.1) is 6.54 Å². The zero-order chi connectivity index (χ0) is 16.0. The Hall–Kier alpha value is -1.65. The van der Waals surface area contributed by atoms with Gasteiger partial charge >= 0.3 is 0 Å². The number of nitrogens with zero attached hydrogens (tertiary/aromatic N) is 1. The van der Waals surface area contributed by atoms with Crippen LogP contribution in [0.3, 0.4) is 0 Å². The van der Waals surface area contributed by atoms with E-state index in [1.807, 2.05) is 0 Å². The SMILES string of the molecule is CCCC[N+](c1ccccc1)(c1ccccc1)c1ccccc1.[I-]. The van der Waals surface area contributed by atoms with Crippen molar-refractivity contribution in [1.82, 2.24) is 4.48 Å². The van der Waals surface area contributed by atoms with Gasteiger partial charge in [-0.15, -0.1) is 0 Å². The van der Waals surface area contributed by atoms with Gasteiger partial charge in [-0.3, -0.25) is 0 Å². The van der Waals surface area contributed by atoms with E-state index < -0.39 is 0 Å². The number of benzene rings is 3. The minimum atomic E-state index is 0. The third-order valence-corrected chi connectivity index (χ3v) is 4.44. The van der Waals surface area contributed by atoms with Crippen LogP contribution in [0.25, 0.3) is 0 Å². The van der Waals surface area contributed by atoms with E-state index in [1.165, 1.54) is 29.9 Å². The zero-order valence-corrected chi connectivity index (χ0v) is 16.3. The van der Waals surface area contributed by atoms with Crippen molar-refractivity contribution in [2.24, 2.45) is 0 Å². The highest BCUT2D eigenvalue weighted by atomic mass is 127. The van der Waals surface area contributed by atoms with Crippen LogP contribution in [0.1, 0.15) is 19.8 Å². The first kappa shape index (κ1) is 18.7. The van der Waals surface area contributed by atoms with E-state index in [4.69, 9.17) is 0 Å². The highest BCUT2D eigenvalue weighted by Gasteiger charge is 2.35. The molecule has 1 nitrogen and oxygen atoms in total. The third kappa shape index (κ3) is 3.70. The van der Waals surface area contributed by atoms with Gasteiger partial charge in [-0.1, -0.05) is 67.9 Å². The number of quaternary nitrogens is 1. The molecule has 0 N–H and O–H groups in total. The normalized spacial score (nSPS) is 10.9. The summed E-state index contributed by atoms with van der Waals surface area (Å²) in [5, 5.41) is 0. The fraction of sp³-hybridized carbons (Fsp3) is 0.182. The van der Waals surface area contributed by atoms with Crippen LogP contribution in [0.4, 0.5) is 17.1 Å². The molecule has 0 aliphatic heterocycles. The maximum absolute atomic E-state index is 2.26. The van der Waals surface area contributed by atoms with Crippen molar-refractivity contribution < 1.29 is 24.0 Å². The standard InChI is InChI=1S/C22H24N.HI/c1-2-3-19-23(20-13-7-4-8-14-20,21-15-9-5-10-16-21)22-17-11-6-12-18-22;/h4-18H,2-3,19H2,1H3;1H/q+1;/p-1. The molecule has 3 rings (SSSR count). The Balaban J connectivity index is 0.00000208. The topological polar surface area (TPSA) is 0 Å². The van der Waals surface area contributed by atoms with E-state index in [9.17, 15) is 0 Å². The molecule has 2 heteroatoms. The van der Waals surface area contributed by atoms with E-state index in [2.05, 4.69) is 97.9 Å². The summed E-state index contributed by atoms with van der Waals surface area (Å²) >= 11 is 0. The smallest absolute Gasteiger partial charge is 0.143 e. The molecule has 0 saturated carbocycles. The molecular weight excluding hydrogens is 405 g/mol. The second kappa shape index (κ2) is 9.00. The molecule has 0 aliphatic rings. The van der Waals surface area contributed by atoms with E-state index in [1.54, 1.807) is 0 Å². The van der Waals surface area contributed by atoms with E-state index in [-0.39, 0.29) is 24.0 Å². The number of unbranched alkanes of at least 4 members (excludes halogenated alkanes) is 1. The Kier molecular flexibility index (Phi) is 7.00. The van der Waals surface area contributed by atoms with Crippen LogP contribution in [0.15, 0.2) is 91.0 Å². The molecule has 0 aliphatic carbocycles. The summed E-state index contributed by atoms with van der Waals surface area (Å²) in [6.45, 7) is 3.32. The predicted octanol–water partition coefficient (Wildman–Crippen LogP) is 3.46. The van der Waals surface area contributed by atoms with Gasteiger partial charge in [0.2, 0.25) is 0 Å². The lowest BCUT2D eigenvalue weighted by Crippen LogP contribution is -3.00. The Morgan fingerprint density at radius 1 is 0.583 bits per heavy atom. The molecule has 0 aromatic heterocycles. The van der Waals surface area contributed by atoms with Gasteiger partial charge in [-0.2, -0.15) is 0 Å². The molecule has 0 heterocycles. The van der Waals surface area contributed by atoms with Crippen LogP contribution in [0.2, 0.25) is 0 Å². The quantitative estimate of drug-likeness (QED) is 0.416. The lowest BCUT2D eigenvalue weighted by atomic mass is 10.1. The van der Waals surface area contributed by atoms with Gasteiger partial charge in [-0.05, 0) is 42.8 Å².